The molecule has 1 aromatic carbocycles. The molecule has 2 nitrogen and oxygen atoms in total. The van der Waals surface area contributed by atoms with Crippen LogP contribution in [0.5, 0.6) is 5.75 Å². The molecule has 0 fully saturated rings. The molecule has 0 bridgehead atoms. The average Bonchev–Trinajstić information content (AvgIpc) is 2.39. The van der Waals surface area contributed by atoms with Gasteiger partial charge in [-0.3, -0.25) is 0 Å². The SMILES string of the molecule is CCC(C)(C)c1ccc(OC(C)CCCNC)cc1. The highest BCUT2D eigenvalue weighted by Gasteiger charge is 2.17. The maximum absolute atomic E-state index is 5.93. The predicted molar refractivity (Wildman–Crippen MR) is 83.0 cm³/mol. The molecule has 1 unspecified atom stereocenters. The van der Waals surface area contributed by atoms with Crippen LogP contribution in [0.4, 0.5) is 0 Å². The van der Waals surface area contributed by atoms with Crippen molar-refractivity contribution in [3.63, 3.8) is 0 Å². The van der Waals surface area contributed by atoms with E-state index in [1.54, 1.807) is 0 Å². The lowest BCUT2D eigenvalue weighted by atomic mass is 9.82. The molecule has 19 heavy (non-hydrogen) atoms. The van der Waals surface area contributed by atoms with E-state index in [4.69, 9.17) is 4.74 Å². The van der Waals surface area contributed by atoms with Gasteiger partial charge in [0.1, 0.15) is 5.75 Å². The zero-order valence-corrected chi connectivity index (χ0v) is 13.1. The van der Waals surface area contributed by atoms with E-state index in [0.717, 1.165) is 31.6 Å². The molecule has 0 aliphatic carbocycles. The Labute approximate surface area is 118 Å². The summed E-state index contributed by atoms with van der Waals surface area (Å²) in [5.41, 5.74) is 1.63. The molecule has 1 aromatic rings. The number of benzene rings is 1. The summed E-state index contributed by atoms with van der Waals surface area (Å²) in [5, 5.41) is 3.16. The third-order valence-electron chi connectivity index (χ3n) is 3.89. The molecule has 108 valence electrons. The van der Waals surface area contributed by atoms with Gasteiger partial charge in [-0.05, 0) is 62.9 Å². The van der Waals surface area contributed by atoms with Gasteiger partial charge in [-0.15, -0.1) is 0 Å². The zero-order chi connectivity index (χ0) is 14.3. The van der Waals surface area contributed by atoms with Crippen LogP contribution in [0.2, 0.25) is 0 Å². The van der Waals surface area contributed by atoms with Crippen LogP contribution in [-0.2, 0) is 5.41 Å². The first-order valence-corrected chi connectivity index (χ1v) is 7.41. The number of hydrogen-bond donors (Lipinski definition) is 1. The molecule has 0 aliphatic rings. The van der Waals surface area contributed by atoms with Gasteiger partial charge in [0.2, 0.25) is 0 Å². The van der Waals surface area contributed by atoms with Crippen LogP contribution in [0.3, 0.4) is 0 Å². The second kappa shape index (κ2) is 7.54. The Hall–Kier alpha value is -1.02. The van der Waals surface area contributed by atoms with E-state index in [-0.39, 0.29) is 11.5 Å². The first-order chi connectivity index (χ1) is 8.99. The molecule has 0 spiro atoms. The van der Waals surface area contributed by atoms with Crippen molar-refractivity contribution in [1.82, 2.24) is 5.32 Å². The van der Waals surface area contributed by atoms with Gasteiger partial charge in [-0.25, -0.2) is 0 Å². The van der Waals surface area contributed by atoms with Crippen LogP contribution < -0.4 is 10.1 Å². The van der Waals surface area contributed by atoms with Crippen molar-refractivity contribution >= 4 is 0 Å². The van der Waals surface area contributed by atoms with Crippen LogP contribution in [-0.4, -0.2) is 19.7 Å². The monoisotopic (exact) mass is 263 g/mol. The fourth-order valence-corrected chi connectivity index (χ4v) is 2.05. The highest BCUT2D eigenvalue weighted by molar-refractivity contribution is 5.31. The van der Waals surface area contributed by atoms with E-state index >= 15 is 0 Å². The molecule has 0 amide bonds. The van der Waals surface area contributed by atoms with Gasteiger partial charge in [-0.1, -0.05) is 32.9 Å². The van der Waals surface area contributed by atoms with Crippen LogP contribution in [0.1, 0.15) is 52.5 Å². The normalized spacial score (nSPS) is 13.3. The fourth-order valence-electron chi connectivity index (χ4n) is 2.05. The molecule has 0 aliphatic heterocycles. The number of hydrogen-bond acceptors (Lipinski definition) is 2. The van der Waals surface area contributed by atoms with Crippen LogP contribution in [0.15, 0.2) is 24.3 Å². The summed E-state index contributed by atoms with van der Waals surface area (Å²) >= 11 is 0. The second-order valence-corrected chi connectivity index (χ2v) is 5.94. The lowest BCUT2D eigenvalue weighted by Gasteiger charge is -2.23. The van der Waals surface area contributed by atoms with Crippen LogP contribution in [0, 0.1) is 0 Å². The molecule has 0 heterocycles. The minimum Gasteiger partial charge on any atom is -0.491 e. The maximum Gasteiger partial charge on any atom is 0.119 e. The summed E-state index contributed by atoms with van der Waals surface area (Å²) < 4.78 is 5.93. The van der Waals surface area contributed by atoms with Gasteiger partial charge in [-0.2, -0.15) is 0 Å². The third kappa shape index (κ3) is 5.23. The quantitative estimate of drug-likeness (QED) is 0.712. The first-order valence-electron chi connectivity index (χ1n) is 7.41. The molecule has 1 rings (SSSR count). The van der Waals surface area contributed by atoms with Crippen molar-refractivity contribution in [3.05, 3.63) is 29.8 Å². The van der Waals surface area contributed by atoms with E-state index in [1.165, 1.54) is 5.56 Å². The predicted octanol–water partition coefficient (Wildman–Crippen LogP) is 4.14. The summed E-state index contributed by atoms with van der Waals surface area (Å²) in [5.74, 6) is 0.979. The Morgan fingerprint density at radius 2 is 1.84 bits per heavy atom. The topological polar surface area (TPSA) is 21.3 Å². The largest absolute Gasteiger partial charge is 0.491 e. The van der Waals surface area contributed by atoms with Gasteiger partial charge in [0, 0.05) is 0 Å². The summed E-state index contributed by atoms with van der Waals surface area (Å²) in [7, 11) is 1.99. The fraction of sp³-hybridized carbons (Fsp3) is 0.647. The molecular weight excluding hydrogens is 234 g/mol. The van der Waals surface area contributed by atoms with Gasteiger partial charge >= 0.3 is 0 Å². The molecular formula is C17H29NO. The van der Waals surface area contributed by atoms with Gasteiger partial charge in [0.25, 0.3) is 0 Å². The Morgan fingerprint density at radius 1 is 1.21 bits per heavy atom. The second-order valence-electron chi connectivity index (χ2n) is 5.94. The smallest absolute Gasteiger partial charge is 0.119 e. The van der Waals surface area contributed by atoms with E-state index < -0.39 is 0 Å². The summed E-state index contributed by atoms with van der Waals surface area (Å²) in [6.45, 7) is 9.98. The van der Waals surface area contributed by atoms with Gasteiger partial charge in [0.15, 0.2) is 0 Å². The van der Waals surface area contributed by atoms with Crippen molar-refractivity contribution < 1.29 is 4.74 Å². The number of nitrogens with one attached hydrogen (secondary N) is 1. The Balaban J connectivity index is 2.52. The van der Waals surface area contributed by atoms with E-state index in [9.17, 15) is 0 Å². The summed E-state index contributed by atoms with van der Waals surface area (Å²) in [6.07, 6.45) is 3.66. The third-order valence-corrected chi connectivity index (χ3v) is 3.89. The van der Waals surface area contributed by atoms with Crippen molar-refractivity contribution in [2.45, 2.75) is 58.5 Å². The standard InChI is InChI=1S/C17H29NO/c1-6-17(3,4)15-9-11-16(12-10-15)19-14(2)8-7-13-18-5/h9-12,14,18H,6-8,13H2,1-5H3. The van der Waals surface area contributed by atoms with Crippen molar-refractivity contribution in [2.75, 3.05) is 13.6 Å². The van der Waals surface area contributed by atoms with Gasteiger partial charge < -0.3 is 10.1 Å². The summed E-state index contributed by atoms with van der Waals surface area (Å²) in [4.78, 5) is 0. The molecule has 0 radical (unpaired) electrons. The highest BCUT2D eigenvalue weighted by atomic mass is 16.5. The van der Waals surface area contributed by atoms with Crippen LogP contribution >= 0.6 is 0 Å². The lowest BCUT2D eigenvalue weighted by molar-refractivity contribution is 0.207. The van der Waals surface area contributed by atoms with Crippen molar-refractivity contribution in [1.29, 1.82) is 0 Å². The lowest BCUT2D eigenvalue weighted by Crippen LogP contribution is -2.17. The highest BCUT2D eigenvalue weighted by Crippen LogP contribution is 2.28. The minimum atomic E-state index is 0.247. The molecule has 0 saturated heterocycles. The number of rotatable bonds is 8. The Morgan fingerprint density at radius 3 is 2.37 bits per heavy atom. The molecule has 1 N–H and O–H groups in total. The van der Waals surface area contributed by atoms with E-state index in [2.05, 4.69) is 57.3 Å². The van der Waals surface area contributed by atoms with Crippen molar-refractivity contribution in [3.8, 4) is 5.75 Å². The molecule has 2 heteroatoms. The van der Waals surface area contributed by atoms with Gasteiger partial charge in [0.05, 0.1) is 6.10 Å². The molecule has 0 saturated carbocycles. The van der Waals surface area contributed by atoms with Crippen molar-refractivity contribution in [2.24, 2.45) is 0 Å². The van der Waals surface area contributed by atoms with E-state index in [1.807, 2.05) is 7.05 Å². The zero-order valence-electron chi connectivity index (χ0n) is 13.1. The number of ether oxygens (including phenoxy) is 1. The first kappa shape index (κ1) is 16.0. The van der Waals surface area contributed by atoms with Crippen LogP contribution in [0.25, 0.3) is 0 Å². The Bertz CT molecular complexity index is 356. The van der Waals surface area contributed by atoms with E-state index in [0.29, 0.717) is 0 Å². The minimum absolute atomic E-state index is 0.247. The Kier molecular flexibility index (Phi) is 6.36. The summed E-state index contributed by atoms with van der Waals surface area (Å²) in [6, 6.07) is 8.58. The maximum atomic E-state index is 5.93. The molecule has 0 aromatic heterocycles. The average molecular weight is 263 g/mol. The molecule has 1 atom stereocenters.